The van der Waals surface area contributed by atoms with Crippen LogP contribution in [-0.2, 0) is 0 Å². The van der Waals surface area contributed by atoms with Crippen molar-refractivity contribution in [2.75, 3.05) is 30.4 Å². The highest BCUT2D eigenvalue weighted by Gasteiger charge is 2.24. The predicted octanol–water partition coefficient (Wildman–Crippen LogP) is 1.52. The van der Waals surface area contributed by atoms with Crippen LogP contribution in [0.1, 0.15) is 31.7 Å². The van der Waals surface area contributed by atoms with Gasteiger partial charge in [-0.1, -0.05) is 0 Å². The first-order chi connectivity index (χ1) is 9.51. The number of likely N-dealkylation sites (tertiary alicyclic amines) is 1. The molecule has 6 heteroatoms. The summed E-state index contributed by atoms with van der Waals surface area (Å²) in [4.78, 5) is 11.3. The molecule has 6 nitrogen and oxygen atoms in total. The summed E-state index contributed by atoms with van der Waals surface area (Å²) in [5.74, 6) is 8.46. The Hall–Kier alpha value is -1.40. The van der Waals surface area contributed by atoms with E-state index in [2.05, 4.69) is 39.5 Å². The van der Waals surface area contributed by atoms with Gasteiger partial charge in [0.2, 0.25) is 0 Å². The van der Waals surface area contributed by atoms with Crippen LogP contribution in [0, 0.1) is 19.8 Å². The number of aryl methyl sites for hydroxylation is 1. The quantitative estimate of drug-likeness (QED) is 0.560. The van der Waals surface area contributed by atoms with Crippen LogP contribution in [0.15, 0.2) is 0 Å². The Morgan fingerprint density at radius 3 is 2.60 bits per heavy atom. The van der Waals surface area contributed by atoms with E-state index in [1.165, 1.54) is 13.0 Å². The first-order valence-electron chi connectivity index (χ1n) is 7.31. The number of rotatable bonds is 5. The van der Waals surface area contributed by atoms with Crippen LogP contribution < -0.4 is 16.6 Å². The molecule has 1 aromatic heterocycles. The van der Waals surface area contributed by atoms with E-state index in [0.717, 1.165) is 30.3 Å². The maximum atomic E-state index is 5.48. The molecule has 1 saturated heterocycles. The molecule has 0 amide bonds. The molecule has 20 heavy (non-hydrogen) atoms. The summed E-state index contributed by atoms with van der Waals surface area (Å²) < 4.78 is 0. The molecule has 1 fully saturated rings. The van der Waals surface area contributed by atoms with Crippen molar-refractivity contribution in [3.63, 3.8) is 0 Å². The second-order valence-electron chi connectivity index (χ2n) is 5.86. The average Bonchev–Trinajstić information content (AvgIpc) is 2.88. The molecule has 2 heterocycles. The number of hydrogen-bond donors (Lipinski definition) is 3. The molecule has 1 atom stereocenters. The molecule has 4 N–H and O–H groups in total. The van der Waals surface area contributed by atoms with E-state index in [9.17, 15) is 0 Å². The number of nitrogens with two attached hydrogens (primary N) is 1. The average molecular weight is 278 g/mol. The fraction of sp³-hybridized carbons (Fsp3) is 0.714. The zero-order valence-corrected chi connectivity index (χ0v) is 12.9. The van der Waals surface area contributed by atoms with Crippen molar-refractivity contribution in [3.8, 4) is 0 Å². The number of hydrogen-bond acceptors (Lipinski definition) is 6. The first kappa shape index (κ1) is 15.0. The number of nitrogen functional groups attached to an aromatic ring is 1. The third kappa shape index (κ3) is 3.37. The number of aromatic nitrogens is 2. The molecule has 1 aliphatic heterocycles. The van der Waals surface area contributed by atoms with Crippen LogP contribution in [0.2, 0.25) is 0 Å². The number of nitrogens with one attached hydrogen (secondary N) is 2. The van der Waals surface area contributed by atoms with Crippen LogP contribution in [0.25, 0.3) is 0 Å². The van der Waals surface area contributed by atoms with Crippen LogP contribution in [-0.4, -0.2) is 40.5 Å². The van der Waals surface area contributed by atoms with Gasteiger partial charge in [-0.05, 0) is 46.6 Å². The van der Waals surface area contributed by atoms with Gasteiger partial charge >= 0.3 is 0 Å². The zero-order valence-electron chi connectivity index (χ0n) is 12.9. The SMILES string of the molecule is Cc1nc(NN)c(C)c(NCC2CCN(C(C)C)C2)n1. The van der Waals surface area contributed by atoms with E-state index in [-0.39, 0.29) is 0 Å². The maximum Gasteiger partial charge on any atom is 0.148 e. The molecular weight excluding hydrogens is 252 g/mol. The minimum absolute atomic E-state index is 0.635. The van der Waals surface area contributed by atoms with Crippen molar-refractivity contribution in [3.05, 3.63) is 11.4 Å². The standard InChI is InChI=1S/C14H26N6/c1-9(2)20-6-5-12(8-20)7-16-13-10(3)14(19-15)18-11(4)17-13/h9,12H,5-8,15H2,1-4H3,(H2,16,17,18,19). The molecule has 0 radical (unpaired) electrons. The van der Waals surface area contributed by atoms with Gasteiger partial charge in [-0.15, -0.1) is 0 Å². The lowest BCUT2D eigenvalue weighted by Crippen LogP contribution is -2.29. The summed E-state index contributed by atoms with van der Waals surface area (Å²) in [6.45, 7) is 11.7. The fourth-order valence-corrected chi connectivity index (χ4v) is 2.68. The molecule has 0 aliphatic carbocycles. The Morgan fingerprint density at radius 2 is 2.00 bits per heavy atom. The van der Waals surface area contributed by atoms with Crippen molar-refractivity contribution in [1.82, 2.24) is 14.9 Å². The number of anilines is 2. The zero-order chi connectivity index (χ0) is 14.7. The maximum absolute atomic E-state index is 5.48. The van der Waals surface area contributed by atoms with E-state index < -0.39 is 0 Å². The van der Waals surface area contributed by atoms with Gasteiger partial charge in [-0.25, -0.2) is 15.8 Å². The Labute approximate surface area is 121 Å². The molecule has 112 valence electrons. The Kier molecular flexibility index (Phi) is 4.77. The molecule has 0 bridgehead atoms. The fourth-order valence-electron chi connectivity index (χ4n) is 2.68. The minimum atomic E-state index is 0.635. The highest BCUT2D eigenvalue weighted by Crippen LogP contribution is 2.22. The topological polar surface area (TPSA) is 79.1 Å². The van der Waals surface area contributed by atoms with E-state index in [0.29, 0.717) is 17.8 Å². The van der Waals surface area contributed by atoms with Gasteiger partial charge in [0.25, 0.3) is 0 Å². The molecule has 2 rings (SSSR count). The van der Waals surface area contributed by atoms with E-state index in [1.807, 2.05) is 13.8 Å². The van der Waals surface area contributed by atoms with Crippen LogP contribution in [0.4, 0.5) is 11.6 Å². The Morgan fingerprint density at radius 1 is 1.30 bits per heavy atom. The lowest BCUT2D eigenvalue weighted by Gasteiger charge is -2.20. The monoisotopic (exact) mass is 278 g/mol. The van der Waals surface area contributed by atoms with Gasteiger partial charge in [0.05, 0.1) is 0 Å². The van der Waals surface area contributed by atoms with Crippen LogP contribution in [0.3, 0.4) is 0 Å². The normalized spacial score (nSPS) is 19.6. The first-order valence-corrected chi connectivity index (χ1v) is 7.31. The van der Waals surface area contributed by atoms with Gasteiger partial charge in [-0.3, -0.25) is 0 Å². The van der Waals surface area contributed by atoms with Gasteiger partial charge in [0, 0.05) is 24.7 Å². The van der Waals surface area contributed by atoms with Gasteiger partial charge in [-0.2, -0.15) is 0 Å². The molecule has 1 aliphatic rings. The Bertz CT molecular complexity index is 459. The van der Waals surface area contributed by atoms with Gasteiger partial charge in [0.1, 0.15) is 17.5 Å². The molecule has 0 saturated carbocycles. The summed E-state index contributed by atoms with van der Waals surface area (Å²) in [7, 11) is 0. The van der Waals surface area contributed by atoms with Crippen molar-refractivity contribution < 1.29 is 0 Å². The van der Waals surface area contributed by atoms with Crippen molar-refractivity contribution in [2.45, 2.75) is 40.2 Å². The van der Waals surface area contributed by atoms with E-state index in [4.69, 9.17) is 5.84 Å². The minimum Gasteiger partial charge on any atom is -0.369 e. The Balaban J connectivity index is 1.96. The van der Waals surface area contributed by atoms with Crippen molar-refractivity contribution in [1.29, 1.82) is 0 Å². The molecular formula is C14H26N6. The predicted molar refractivity (Wildman–Crippen MR) is 82.6 cm³/mol. The van der Waals surface area contributed by atoms with Crippen LogP contribution in [0.5, 0.6) is 0 Å². The summed E-state index contributed by atoms with van der Waals surface area (Å²) >= 11 is 0. The largest absolute Gasteiger partial charge is 0.369 e. The van der Waals surface area contributed by atoms with E-state index in [1.54, 1.807) is 0 Å². The summed E-state index contributed by atoms with van der Waals surface area (Å²) in [5.41, 5.74) is 3.60. The van der Waals surface area contributed by atoms with Crippen LogP contribution >= 0.6 is 0 Å². The van der Waals surface area contributed by atoms with Crippen molar-refractivity contribution >= 4 is 11.6 Å². The third-order valence-electron chi connectivity index (χ3n) is 4.00. The molecule has 1 aromatic rings. The van der Waals surface area contributed by atoms with Gasteiger partial charge in [0.15, 0.2) is 0 Å². The second kappa shape index (κ2) is 6.37. The molecule has 1 unspecified atom stereocenters. The highest BCUT2D eigenvalue weighted by atomic mass is 15.3. The summed E-state index contributed by atoms with van der Waals surface area (Å²) in [6, 6.07) is 0.635. The number of nitrogens with zero attached hydrogens (tertiary/aromatic N) is 3. The summed E-state index contributed by atoms with van der Waals surface area (Å²) in [6.07, 6.45) is 1.25. The smallest absolute Gasteiger partial charge is 0.148 e. The molecule has 0 spiro atoms. The third-order valence-corrected chi connectivity index (χ3v) is 4.00. The van der Waals surface area contributed by atoms with Crippen molar-refractivity contribution in [2.24, 2.45) is 11.8 Å². The van der Waals surface area contributed by atoms with Gasteiger partial charge < -0.3 is 15.6 Å². The summed E-state index contributed by atoms with van der Waals surface area (Å²) in [5, 5.41) is 3.46. The van der Waals surface area contributed by atoms with E-state index >= 15 is 0 Å². The second-order valence-corrected chi connectivity index (χ2v) is 5.86. The lowest BCUT2D eigenvalue weighted by molar-refractivity contribution is 0.266. The number of hydrazine groups is 1. The highest BCUT2D eigenvalue weighted by molar-refractivity contribution is 5.56. The lowest BCUT2D eigenvalue weighted by atomic mass is 10.1. The molecule has 0 aromatic carbocycles.